The van der Waals surface area contributed by atoms with Crippen LogP contribution >= 0.6 is 23.5 Å². The number of urea groups is 1. The molecule has 11 atom stereocenters. The Kier molecular flexibility index (Phi) is 23.0. The number of para-hydroxylation sites is 1. The molecular weight excluding hydrogens is 1410 g/mol. The number of nitrogens with zero attached hydrogens (tertiary/aromatic N) is 4. The summed E-state index contributed by atoms with van der Waals surface area (Å²) in [5.74, 6) is -2.20. The number of aryl methyl sites for hydroxylation is 1. The van der Waals surface area contributed by atoms with Gasteiger partial charge in [0.25, 0.3) is 0 Å². The van der Waals surface area contributed by atoms with Crippen LogP contribution in [0.25, 0.3) is 10.9 Å². The summed E-state index contributed by atoms with van der Waals surface area (Å²) < 4.78 is 37.1. The number of amides is 8. The number of piperazine rings is 1. The van der Waals surface area contributed by atoms with Gasteiger partial charge in [-0.3, -0.25) is 48.8 Å². The molecule has 14 rings (SSSR count). The Bertz CT molecular complexity index is 4370. The Labute approximate surface area is 630 Å². The number of alkyl carbamates (subject to hydrolysis) is 1. The van der Waals surface area contributed by atoms with E-state index >= 15 is 4.79 Å². The van der Waals surface area contributed by atoms with Crippen molar-refractivity contribution in [3.63, 3.8) is 0 Å². The molecule has 3 saturated heterocycles. The molecule has 28 nitrogen and oxygen atoms in total. The number of benzene rings is 4. The highest BCUT2D eigenvalue weighted by atomic mass is 32.2. The number of thioether (sulfide) groups is 2. The van der Waals surface area contributed by atoms with Crippen LogP contribution in [0.5, 0.6) is 28.7 Å². The van der Waals surface area contributed by atoms with Crippen molar-refractivity contribution in [2.75, 3.05) is 64.8 Å². The van der Waals surface area contributed by atoms with E-state index in [0.29, 0.717) is 87.7 Å². The van der Waals surface area contributed by atoms with Gasteiger partial charge in [-0.05, 0) is 112 Å². The first kappa shape index (κ1) is 77.3. The number of rotatable bonds is 26. The van der Waals surface area contributed by atoms with Gasteiger partial charge in [-0.15, -0.1) is 23.5 Å². The number of H-pyrrole nitrogens is 1. The number of aromatic hydroxyl groups is 1. The second kappa shape index (κ2) is 31.9. The van der Waals surface area contributed by atoms with E-state index in [1.54, 1.807) is 56.8 Å². The minimum Gasteiger partial charge on any atom is -0.504 e. The van der Waals surface area contributed by atoms with Gasteiger partial charge < -0.3 is 70.8 Å². The second-order valence-corrected chi connectivity index (χ2v) is 32.5. The zero-order valence-corrected chi connectivity index (χ0v) is 63.7. The largest absolute Gasteiger partial charge is 0.504 e. The summed E-state index contributed by atoms with van der Waals surface area (Å²) in [7, 11) is 3.44. The van der Waals surface area contributed by atoms with Gasteiger partial charge in [-0.2, -0.15) is 5.26 Å². The molecule has 10 N–H and O–H groups in total. The number of nitriles is 1. The molecule has 9 aliphatic heterocycles. The minimum absolute atomic E-state index is 0.0123. The molecule has 8 amide bonds. The summed E-state index contributed by atoms with van der Waals surface area (Å²) in [6, 6.07) is 13.3. The molecule has 0 radical (unpaired) electrons. The molecule has 4 bridgehead atoms. The molecule has 1 spiro atoms. The van der Waals surface area contributed by atoms with Crippen molar-refractivity contribution < 1.29 is 76.7 Å². The quantitative estimate of drug-likeness (QED) is 0.0109. The molecule has 9 aliphatic rings. The van der Waals surface area contributed by atoms with Gasteiger partial charge in [0.05, 0.1) is 41.5 Å². The highest BCUT2D eigenvalue weighted by molar-refractivity contribution is 8.02. The molecule has 4 aromatic carbocycles. The van der Waals surface area contributed by atoms with Crippen LogP contribution in [-0.2, 0) is 68.0 Å². The third-order valence-corrected chi connectivity index (χ3v) is 25.4. The minimum atomic E-state index is -1.63. The third-order valence-electron chi connectivity index (χ3n) is 22.2. The molecule has 3 fully saturated rings. The van der Waals surface area contributed by atoms with E-state index < -0.39 is 93.7 Å². The number of likely N-dealkylation sites (N-methyl/N-ethyl adjacent to an activating group) is 1. The van der Waals surface area contributed by atoms with Crippen LogP contribution < -0.4 is 56.6 Å². The lowest BCUT2D eigenvalue weighted by molar-refractivity contribution is -0.158. The first-order valence-electron chi connectivity index (χ1n) is 36.7. The summed E-state index contributed by atoms with van der Waals surface area (Å²) in [5, 5.41) is 41.6. The van der Waals surface area contributed by atoms with Gasteiger partial charge in [-0.1, -0.05) is 77.4 Å². The number of imide groups is 1. The van der Waals surface area contributed by atoms with Crippen LogP contribution in [0.4, 0.5) is 15.3 Å². The number of aromatic nitrogens is 1. The van der Waals surface area contributed by atoms with E-state index in [4.69, 9.17) is 34.2 Å². The number of methoxy groups -OCH3 is 1. The molecule has 1 aromatic heterocycles. The van der Waals surface area contributed by atoms with E-state index in [2.05, 4.69) is 73.5 Å². The standard InChI is InChI=1S/C77H96N12O16S2/c1-11-75(8,12-2)107-53-31-55(92)88(71(53)96)28-17-13-14-22-54(91)85-59(40(3)4)70(95)84-51(21-18-27-80-73(79)98)69(94)82-46-25-23-44(24-26-46)34-102-74(99)81-33-47-30-49-48-19-15-16-20-50(48)83-68(49)77(86-47)38-106-67-58-57(66-65(103-39-104-66)42(6)64(58)105-43(7)90)52(35-101-72(77)97)89-61(67)60-56-45(29-41(5)63(100-10)62(56)93)32-76(89,36-78)37-87(60)9/h15-16,19-20,23-26,29,40,47,51-53,59-61,67,83,86,93H,11-14,17-18,21-22,27-28,30-35,37-39H2,1-10H3,(H,81,99)(H,82,94)(H,84,95)(H,85,91)(H3,79,80,98)/t47-,51+,52+,53?,59+,60+,61-,67-,76?,77-/m1/s1. The van der Waals surface area contributed by atoms with E-state index in [9.17, 15) is 48.7 Å². The Hall–Kier alpha value is -9.28. The molecule has 107 heavy (non-hydrogen) atoms. The molecule has 572 valence electrons. The number of nitrogens with two attached hydrogens (primary N) is 1. The predicted octanol–water partition coefficient (Wildman–Crippen LogP) is 8.06. The molecule has 30 heteroatoms. The first-order chi connectivity index (χ1) is 51.2. The van der Waals surface area contributed by atoms with E-state index in [1.807, 2.05) is 44.3 Å². The third kappa shape index (κ3) is 15.2. The summed E-state index contributed by atoms with van der Waals surface area (Å²) in [6.45, 7) is 14.8. The van der Waals surface area contributed by atoms with Crippen LogP contribution in [-0.4, -0.2) is 178 Å². The Morgan fingerprint density at radius 2 is 1.67 bits per heavy atom. The number of phenols is 1. The summed E-state index contributed by atoms with van der Waals surface area (Å²) >= 11 is 2.99. The molecule has 0 aliphatic carbocycles. The summed E-state index contributed by atoms with van der Waals surface area (Å²) in [4.78, 5) is 131. The molecular formula is C77H96N12O16S2. The number of hydrogen-bond acceptors (Lipinski definition) is 22. The maximum Gasteiger partial charge on any atom is 0.407 e. The number of phenolic OH excluding ortho intramolecular Hbond substituents is 1. The zero-order chi connectivity index (χ0) is 76.6. The van der Waals surface area contributed by atoms with Gasteiger partial charge in [0, 0.05) is 114 Å². The van der Waals surface area contributed by atoms with E-state index in [-0.39, 0.29) is 124 Å². The fourth-order valence-corrected chi connectivity index (χ4v) is 19.7. The van der Waals surface area contributed by atoms with Gasteiger partial charge >= 0.3 is 24.1 Å². The fraction of sp³-hybridized carbons (Fsp3) is 0.532. The maximum atomic E-state index is 15.8. The topological polar surface area (TPSA) is 377 Å². The number of fused-ring (bicyclic) bond motifs is 8. The summed E-state index contributed by atoms with van der Waals surface area (Å²) in [5.41, 5.74) is 9.23. The smallest absolute Gasteiger partial charge is 0.407 e. The number of primary amides is 1. The number of ether oxygens (including phenoxy) is 6. The Morgan fingerprint density at radius 3 is 2.38 bits per heavy atom. The number of anilines is 1. The van der Waals surface area contributed by atoms with Crippen molar-refractivity contribution in [3.8, 4) is 34.8 Å². The lowest BCUT2D eigenvalue weighted by Crippen LogP contribution is -2.70. The van der Waals surface area contributed by atoms with Gasteiger partial charge in [0.1, 0.15) is 36.6 Å². The highest BCUT2D eigenvalue weighted by Gasteiger charge is 2.65. The Morgan fingerprint density at radius 1 is 0.925 bits per heavy atom. The number of nitrogens with one attached hydrogen (secondary N) is 7. The van der Waals surface area contributed by atoms with E-state index in [0.717, 1.165) is 34.9 Å². The van der Waals surface area contributed by atoms with Crippen molar-refractivity contribution >= 4 is 93.7 Å². The van der Waals surface area contributed by atoms with Crippen molar-refractivity contribution in [1.82, 2.24) is 46.3 Å². The maximum absolute atomic E-state index is 15.8. The van der Waals surface area contributed by atoms with Crippen LogP contribution in [0, 0.1) is 31.1 Å². The van der Waals surface area contributed by atoms with Gasteiger partial charge in [0.2, 0.25) is 36.3 Å². The van der Waals surface area contributed by atoms with Crippen molar-refractivity contribution in [2.45, 2.75) is 195 Å². The first-order valence-corrected chi connectivity index (χ1v) is 38.7. The van der Waals surface area contributed by atoms with Crippen LogP contribution in [0.3, 0.4) is 0 Å². The molecule has 10 heterocycles. The van der Waals surface area contributed by atoms with Gasteiger partial charge in [-0.25, -0.2) is 14.4 Å². The average molecular weight is 1510 g/mol. The van der Waals surface area contributed by atoms with Crippen molar-refractivity contribution in [3.05, 3.63) is 105 Å². The molecule has 0 saturated carbocycles. The van der Waals surface area contributed by atoms with Crippen molar-refractivity contribution in [1.29, 1.82) is 5.26 Å². The number of aromatic amines is 1. The van der Waals surface area contributed by atoms with Crippen molar-refractivity contribution in [2.24, 2.45) is 11.7 Å². The SMILES string of the molecule is CCC(C)(CC)SC1CC(=O)N(CCCCCC(=O)N[C@H](C(=O)N[C@@H](CCCNC(N)=O)C(=O)Nc2ccc(COC(=O)NC[C@H]3Cc4c([nH]c5ccccc45)[C@@]4(CS[C@@H]5c6c(OC(C)=O)c(C)c7c(c6[C@H](COC4=O)N4[C@@H]5[C@@H]5c6c(cc(C)c(OC)c6O)CC4(C#N)CN5C)OCO7)N3)cc2)C(C)C)C1=O. The predicted molar refractivity (Wildman–Crippen MR) is 400 cm³/mol. The highest BCUT2D eigenvalue weighted by Crippen LogP contribution is 2.66. The van der Waals surface area contributed by atoms with Gasteiger partial charge in [0.15, 0.2) is 28.5 Å². The fourth-order valence-electron chi connectivity index (χ4n) is 16.6. The molecule has 5 aromatic rings. The number of carbonyl (C=O) groups is 9. The monoisotopic (exact) mass is 1510 g/mol. The zero-order valence-electron chi connectivity index (χ0n) is 62.1. The molecule has 3 unspecified atom stereocenters. The van der Waals surface area contributed by atoms with Crippen LogP contribution in [0.1, 0.15) is 167 Å². The lowest BCUT2D eigenvalue weighted by Gasteiger charge is -2.60. The second-order valence-electron chi connectivity index (χ2n) is 29.6. The van der Waals surface area contributed by atoms with E-state index in [1.165, 1.54) is 30.7 Å². The summed E-state index contributed by atoms with van der Waals surface area (Å²) in [6.07, 6.45) is 3.72. The lowest BCUT2D eigenvalue weighted by atomic mass is 9.76. The van der Waals surface area contributed by atoms with Crippen LogP contribution in [0.15, 0.2) is 54.6 Å². The number of carbonyl (C=O) groups excluding carboxylic acids is 9. The van der Waals surface area contributed by atoms with Crippen LogP contribution in [0.2, 0.25) is 0 Å². The number of hydrogen-bond donors (Lipinski definition) is 9. The number of unbranched alkanes of at least 4 members (excludes halogenated alkanes) is 2. The average Bonchev–Trinajstić information content (AvgIpc) is 1.62. The Balaban J connectivity index is 0.721. The number of likely N-dealkylation sites (tertiary alicyclic amines) is 1. The normalized spacial score (nSPS) is 23.9. The number of esters is 2.